The number of ether oxygens (including phenoxy) is 2. The second-order valence-corrected chi connectivity index (χ2v) is 8.28. The maximum Gasteiger partial charge on any atom is 0.257 e. The molecule has 1 aromatic heterocycles. The molecule has 0 aliphatic rings. The summed E-state index contributed by atoms with van der Waals surface area (Å²) in [6.45, 7) is 4.97. The van der Waals surface area contributed by atoms with E-state index in [1.807, 2.05) is 13.8 Å². The van der Waals surface area contributed by atoms with Crippen LogP contribution in [0.4, 0.5) is 10.8 Å². The number of hydrogen-bond acceptors (Lipinski definition) is 8. The quantitative estimate of drug-likeness (QED) is 0.345. The molecule has 0 fully saturated rings. The minimum atomic E-state index is -0.288. The molecule has 0 unspecified atom stereocenters. The van der Waals surface area contributed by atoms with Gasteiger partial charge in [-0.3, -0.25) is 14.9 Å². The van der Waals surface area contributed by atoms with Gasteiger partial charge in [-0.1, -0.05) is 23.1 Å². The van der Waals surface area contributed by atoms with Crippen molar-refractivity contribution in [2.45, 2.75) is 18.2 Å². The van der Waals surface area contributed by atoms with Crippen LogP contribution in [-0.4, -0.2) is 41.0 Å². The number of nitrogens with one attached hydrogen (secondary N) is 2. The van der Waals surface area contributed by atoms with Crippen molar-refractivity contribution in [2.75, 3.05) is 29.6 Å². The van der Waals surface area contributed by atoms with Crippen LogP contribution in [0.3, 0.4) is 0 Å². The molecule has 0 saturated carbocycles. The summed E-state index contributed by atoms with van der Waals surface area (Å²) in [7, 11) is 0. The number of thioether (sulfide) groups is 1. The Morgan fingerprint density at radius 2 is 1.52 bits per heavy atom. The number of carbonyl (C=O) groups is 2. The lowest BCUT2D eigenvalue weighted by molar-refractivity contribution is -0.113. The Hall–Kier alpha value is -3.11. The number of benzene rings is 2. The van der Waals surface area contributed by atoms with Gasteiger partial charge in [-0.25, -0.2) is 0 Å². The number of anilines is 2. The van der Waals surface area contributed by atoms with Gasteiger partial charge in [0.05, 0.1) is 19.0 Å². The third kappa shape index (κ3) is 6.97. The van der Waals surface area contributed by atoms with Crippen molar-refractivity contribution in [3.63, 3.8) is 0 Å². The van der Waals surface area contributed by atoms with Crippen molar-refractivity contribution in [3.05, 3.63) is 54.1 Å². The third-order valence-corrected chi connectivity index (χ3v) is 5.80. The predicted molar refractivity (Wildman–Crippen MR) is 122 cm³/mol. The van der Waals surface area contributed by atoms with Crippen LogP contribution >= 0.6 is 23.1 Å². The van der Waals surface area contributed by atoms with Gasteiger partial charge in [0.25, 0.3) is 5.91 Å². The first-order chi connectivity index (χ1) is 15.1. The molecule has 0 spiro atoms. The van der Waals surface area contributed by atoms with Crippen LogP contribution in [0.15, 0.2) is 52.9 Å². The van der Waals surface area contributed by atoms with Gasteiger partial charge in [0.1, 0.15) is 11.5 Å². The maximum absolute atomic E-state index is 12.3. The van der Waals surface area contributed by atoms with E-state index < -0.39 is 0 Å². The number of hydrogen-bond donors (Lipinski definition) is 2. The van der Waals surface area contributed by atoms with E-state index in [4.69, 9.17) is 9.47 Å². The minimum absolute atomic E-state index is 0.163. The van der Waals surface area contributed by atoms with E-state index in [9.17, 15) is 9.59 Å². The highest BCUT2D eigenvalue weighted by molar-refractivity contribution is 8.01. The summed E-state index contributed by atoms with van der Waals surface area (Å²) in [6.07, 6.45) is 0. The van der Waals surface area contributed by atoms with Crippen LogP contribution in [0.1, 0.15) is 24.2 Å². The standard InChI is InChI=1S/C21H22N4O4S2/c1-3-28-16-9-5-14(6-10-16)19(27)23-20-24-25-21(31-20)30-13-18(26)22-15-7-11-17(12-8-15)29-4-2/h5-12H,3-4,13H2,1-2H3,(H,22,26)(H,23,24,27). The molecule has 31 heavy (non-hydrogen) atoms. The van der Waals surface area contributed by atoms with Crippen LogP contribution in [0.25, 0.3) is 0 Å². The topological polar surface area (TPSA) is 102 Å². The van der Waals surface area contributed by atoms with E-state index in [-0.39, 0.29) is 17.6 Å². The van der Waals surface area contributed by atoms with Crippen LogP contribution in [0.2, 0.25) is 0 Å². The maximum atomic E-state index is 12.3. The molecular formula is C21H22N4O4S2. The van der Waals surface area contributed by atoms with Gasteiger partial charge in [0, 0.05) is 11.3 Å². The first-order valence-corrected chi connectivity index (χ1v) is 11.4. The molecular weight excluding hydrogens is 436 g/mol. The smallest absolute Gasteiger partial charge is 0.257 e. The Labute approximate surface area is 188 Å². The fourth-order valence-corrected chi connectivity index (χ4v) is 4.03. The second kappa shape index (κ2) is 11.3. The number of amides is 2. The molecule has 0 aliphatic carbocycles. The molecule has 10 heteroatoms. The summed E-state index contributed by atoms with van der Waals surface area (Å²) >= 11 is 2.46. The van der Waals surface area contributed by atoms with E-state index in [1.165, 1.54) is 23.1 Å². The Balaban J connectivity index is 1.46. The predicted octanol–water partition coefficient (Wildman–Crippen LogP) is 4.32. The fourth-order valence-electron chi connectivity index (χ4n) is 2.48. The highest BCUT2D eigenvalue weighted by Crippen LogP contribution is 2.26. The molecule has 3 rings (SSSR count). The third-order valence-electron chi connectivity index (χ3n) is 3.83. The van der Waals surface area contributed by atoms with Gasteiger partial charge in [-0.2, -0.15) is 0 Å². The highest BCUT2D eigenvalue weighted by Gasteiger charge is 2.12. The normalized spacial score (nSPS) is 10.4. The summed E-state index contributed by atoms with van der Waals surface area (Å²) in [5.41, 5.74) is 1.18. The molecule has 3 aromatic rings. The molecule has 1 heterocycles. The van der Waals surface area contributed by atoms with E-state index in [2.05, 4.69) is 20.8 Å². The van der Waals surface area contributed by atoms with Crippen LogP contribution in [0, 0.1) is 0 Å². The molecule has 2 aromatic carbocycles. The van der Waals surface area contributed by atoms with Gasteiger partial charge in [0.2, 0.25) is 11.0 Å². The average molecular weight is 459 g/mol. The minimum Gasteiger partial charge on any atom is -0.494 e. The van der Waals surface area contributed by atoms with Gasteiger partial charge in [0.15, 0.2) is 4.34 Å². The molecule has 0 saturated heterocycles. The van der Waals surface area contributed by atoms with Gasteiger partial charge in [-0.15, -0.1) is 10.2 Å². The lowest BCUT2D eigenvalue weighted by Crippen LogP contribution is -2.13. The molecule has 0 atom stereocenters. The van der Waals surface area contributed by atoms with E-state index in [0.29, 0.717) is 39.7 Å². The molecule has 2 amide bonds. The number of nitrogens with zero attached hydrogens (tertiary/aromatic N) is 2. The van der Waals surface area contributed by atoms with Gasteiger partial charge >= 0.3 is 0 Å². The van der Waals surface area contributed by atoms with Crippen molar-refractivity contribution >= 4 is 45.7 Å². The van der Waals surface area contributed by atoms with E-state index in [1.54, 1.807) is 48.5 Å². The number of carbonyl (C=O) groups excluding carboxylic acids is 2. The lowest BCUT2D eigenvalue weighted by atomic mass is 10.2. The van der Waals surface area contributed by atoms with Crippen molar-refractivity contribution < 1.29 is 19.1 Å². The second-order valence-electron chi connectivity index (χ2n) is 6.08. The first kappa shape index (κ1) is 22.6. The number of rotatable bonds is 10. The molecule has 2 N–H and O–H groups in total. The van der Waals surface area contributed by atoms with E-state index >= 15 is 0 Å². The zero-order valence-corrected chi connectivity index (χ0v) is 18.7. The van der Waals surface area contributed by atoms with Gasteiger partial charge in [-0.05, 0) is 62.4 Å². The highest BCUT2D eigenvalue weighted by atomic mass is 32.2. The zero-order chi connectivity index (χ0) is 22.1. The summed E-state index contributed by atoms with van der Waals surface area (Å²) < 4.78 is 11.3. The van der Waals surface area contributed by atoms with Crippen molar-refractivity contribution in [1.29, 1.82) is 0 Å². The summed E-state index contributed by atoms with van der Waals surface area (Å²) in [6, 6.07) is 14.0. The summed E-state index contributed by atoms with van der Waals surface area (Å²) in [4.78, 5) is 24.5. The molecule has 0 bridgehead atoms. The molecule has 8 nitrogen and oxygen atoms in total. The monoisotopic (exact) mass is 458 g/mol. The van der Waals surface area contributed by atoms with E-state index in [0.717, 1.165) is 5.75 Å². The summed E-state index contributed by atoms with van der Waals surface area (Å²) in [5.74, 6) is 1.18. The SMILES string of the molecule is CCOc1ccc(NC(=O)CSc2nnc(NC(=O)c3ccc(OCC)cc3)s2)cc1. The largest absolute Gasteiger partial charge is 0.494 e. The van der Waals surface area contributed by atoms with Crippen LogP contribution < -0.4 is 20.1 Å². The molecule has 162 valence electrons. The summed E-state index contributed by atoms with van der Waals surface area (Å²) in [5, 5.41) is 13.9. The fraction of sp³-hybridized carbons (Fsp3) is 0.238. The molecule has 0 aliphatic heterocycles. The van der Waals surface area contributed by atoms with Crippen molar-refractivity contribution in [2.24, 2.45) is 0 Å². The van der Waals surface area contributed by atoms with Gasteiger partial charge < -0.3 is 14.8 Å². The first-order valence-electron chi connectivity index (χ1n) is 9.60. The Morgan fingerprint density at radius 3 is 2.13 bits per heavy atom. The zero-order valence-electron chi connectivity index (χ0n) is 17.1. The lowest BCUT2D eigenvalue weighted by Gasteiger charge is -2.06. The van der Waals surface area contributed by atoms with Crippen molar-refractivity contribution in [1.82, 2.24) is 10.2 Å². The average Bonchev–Trinajstić information content (AvgIpc) is 3.22. The van der Waals surface area contributed by atoms with Crippen LogP contribution in [-0.2, 0) is 4.79 Å². The van der Waals surface area contributed by atoms with Crippen molar-refractivity contribution in [3.8, 4) is 11.5 Å². The molecule has 0 radical (unpaired) electrons. The Morgan fingerprint density at radius 1 is 0.903 bits per heavy atom. The van der Waals surface area contributed by atoms with Crippen LogP contribution in [0.5, 0.6) is 11.5 Å². The Kier molecular flexibility index (Phi) is 8.25. The Bertz CT molecular complexity index is 1010. The number of aromatic nitrogens is 2.